The van der Waals surface area contributed by atoms with Crippen LogP contribution in [0, 0.1) is 25.2 Å². The molecule has 0 aliphatic heterocycles. The van der Waals surface area contributed by atoms with Crippen molar-refractivity contribution in [1.29, 1.82) is 5.26 Å². The number of nitrogens with one attached hydrogen (secondary N) is 1. The molecular weight excluding hydrogens is 238 g/mol. The number of hydrogen-bond acceptors (Lipinski definition) is 5. The molecule has 96 valence electrons. The first-order chi connectivity index (χ1) is 9.13. The third-order valence-electron chi connectivity index (χ3n) is 3.10. The molecule has 5 heteroatoms. The van der Waals surface area contributed by atoms with Gasteiger partial charge in [0, 0.05) is 12.4 Å². The zero-order valence-electron chi connectivity index (χ0n) is 11.2. The zero-order chi connectivity index (χ0) is 13.8. The maximum Gasteiger partial charge on any atom is 0.167 e. The van der Waals surface area contributed by atoms with Gasteiger partial charge >= 0.3 is 0 Å². The molecule has 0 spiro atoms. The van der Waals surface area contributed by atoms with Crippen LogP contribution in [0.5, 0.6) is 0 Å². The second-order valence-electron chi connectivity index (χ2n) is 4.40. The summed E-state index contributed by atoms with van der Waals surface area (Å²) >= 11 is 0. The molecule has 0 amide bonds. The van der Waals surface area contributed by atoms with E-state index in [0.717, 1.165) is 16.8 Å². The van der Waals surface area contributed by atoms with E-state index in [9.17, 15) is 5.26 Å². The number of rotatable bonds is 3. The lowest BCUT2D eigenvalue weighted by molar-refractivity contribution is 0.843. The van der Waals surface area contributed by atoms with Gasteiger partial charge in [0.2, 0.25) is 0 Å². The van der Waals surface area contributed by atoms with Crippen molar-refractivity contribution < 1.29 is 0 Å². The Morgan fingerprint density at radius 2 is 2.11 bits per heavy atom. The first kappa shape index (κ1) is 13.0. The van der Waals surface area contributed by atoms with Crippen LogP contribution in [0.2, 0.25) is 0 Å². The number of hydrogen-bond donors (Lipinski definition) is 1. The van der Waals surface area contributed by atoms with Gasteiger partial charge in [0.05, 0.1) is 11.7 Å². The van der Waals surface area contributed by atoms with Crippen LogP contribution in [0.25, 0.3) is 0 Å². The van der Waals surface area contributed by atoms with Gasteiger partial charge in [-0.05, 0) is 38.0 Å². The van der Waals surface area contributed by atoms with E-state index in [1.165, 1.54) is 0 Å². The molecule has 2 heterocycles. The molecule has 0 bridgehead atoms. The molecule has 2 aromatic heterocycles. The topological polar surface area (TPSA) is 74.5 Å². The summed E-state index contributed by atoms with van der Waals surface area (Å²) in [5.74, 6) is 0.516. The number of nitriles is 1. The van der Waals surface area contributed by atoms with Gasteiger partial charge in [-0.1, -0.05) is 6.07 Å². The van der Waals surface area contributed by atoms with Gasteiger partial charge in [0.15, 0.2) is 5.82 Å². The zero-order valence-corrected chi connectivity index (χ0v) is 11.2. The third-order valence-corrected chi connectivity index (χ3v) is 3.10. The summed E-state index contributed by atoms with van der Waals surface area (Å²) in [6.07, 6.45) is 3.52. The average Bonchev–Trinajstić information content (AvgIpc) is 2.44. The molecule has 0 aliphatic carbocycles. The highest BCUT2D eigenvalue weighted by atomic mass is 15.2. The van der Waals surface area contributed by atoms with E-state index in [1.54, 1.807) is 12.4 Å². The lowest BCUT2D eigenvalue weighted by atomic mass is 10.1. The molecule has 0 aliphatic rings. The third kappa shape index (κ3) is 2.68. The van der Waals surface area contributed by atoms with Crippen molar-refractivity contribution in [3.8, 4) is 6.07 Å². The Morgan fingerprint density at radius 3 is 2.74 bits per heavy atom. The number of aromatic nitrogens is 3. The van der Waals surface area contributed by atoms with Gasteiger partial charge < -0.3 is 5.32 Å². The summed E-state index contributed by atoms with van der Waals surface area (Å²) in [6.45, 7) is 5.72. The van der Waals surface area contributed by atoms with E-state index in [0.29, 0.717) is 11.4 Å². The second kappa shape index (κ2) is 5.44. The molecule has 5 nitrogen and oxygen atoms in total. The molecule has 0 saturated carbocycles. The van der Waals surface area contributed by atoms with Crippen LogP contribution in [0.3, 0.4) is 0 Å². The number of aryl methyl sites for hydroxylation is 1. The summed E-state index contributed by atoms with van der Waals surface area (Å²) in [4.78, 5) is 4.08. The van der Waals surface area contributed by atoms with Gasteiger partial charge in [0.1, 0.15) is 11.6 Å². The predicted octanol–water partition coefficient (Wildman–Crippen LogP) is 2.53. The molecule has 2 rings (SSSR count). The van der Waals surface area contributed by atoms with Crippen molar-refractivity contribution in [3.63, 3.8) is 0 Å². The Labute approximate surface area is 112 Å². The minimum Gasteiger partial charge on any atom is -0.361 e. The highest BCUT2D eigenvalue weighted by molar-refractivity contribution is 5.56. The van der Waals surface area contributed by atoms with Gasteiger partial charge in [-0.2, -0.15) is 10.4 Å². The van der Waals surface area contributed by atoms with E-state index in [2.05, 4.69) is 26.6 Å². The SMILES string of the molecule is Cc1nnc(NC(C)c2cccnc2)c(C#N)c1C. The highest BCUT2D eigenvalue weighted by Crippen LogP contribution is 2.22. The van der Waals surface area contributed by atoms with E-state index < -0.39 is 0 Å². The molecule has 0 aromatic carbocycles. The normalized spacial score (nSPS) is 11.7. The smallest absolute Gasteiger partial charge is 0.167 e. The lowest BCUT2D eigenvalue weighted by Gasteiger charge is -2.16. The van der Waals surface area contributed by atoms with Crippen molar-refractivity contribution in [2.75, 3.05) is 5.32 Å². The average molecular weight is 253 g/mol. The fraction of sp³-hybridized carbons (Fsp3) is 0.286. The quantitative estimate of drug-likeness (QED) is 0.909. The summed E-state index contributed by atoms with van der Waals surface area (Å²) < 4.78 is 0. The molecule has 2 aromatic rings. The maximum atomic E-state index is 9.24. The fourth-order valence-electron chi connectivity index (χ4n) is 1.77. The largest absolute Gasteiger partial charge is 0.361 e. The summed E-state index contributed by atoms with van der Waals surface area (Å²) in [5.41, 5.74) is 3.21. The minimum atomic E-state index is 0.0113. The molecule has 1 N–H and O–H groups in total. The Kier molecular flexibility index (Phi) is 3.71. The van der Waals surface area contributed by atoms with Gasteiger partial charge in [-0.15, -0.1) is 5.10 Å². The molecule has 1 unspecified atom stereocenters. The molecule has 1 atom stereocenters. The fourth-order valence-corrected chi connectivity index (χ4v) is 1.77. The second-order valence-corrected chi connectivity index (χ2v) is 4.40. The van der Waals surface area contributed by atoms with Crippen molar-refractivity contribution in [1.82, 2.24) is 15.2 Å². The summed E-state index contributed by atoms with van der Waals surface area (Å²) in [7, 11) is 0. The van der Waals surface area contributed by atoms with E-state index in [1.807, 2.05) is 32.9 Å². The van der Waals surface area contributed by atoms with Crippen molar-refractivity contribution in [3.05, 3.63) is 46.9 Å². The van der Waals surface area contributed by atoms with Crippen LogP contribution in [0.1, 0.15) is 35.3 Å². The van der Waals surface area contributed by atoms with Crippen molar-refractivity contribution in [2.24, 2.45) is 0 Å². The van der Waals surface area contributed by atoms with E-state index in [4.69, 9.17) is 0 Å². The highest BCUT2D eigenvalue weighted by Gasteiger charge is 2.13. The molecule has 0 fully saturated rings. The van der Waals surface area contributed by atoms with Gasteiger partial charge in [0.25, 0.3) is 0 Å². The first-order valence-corrected chi connectivity index (χ1v) is 6.04. The van der Waals surface area contributed by atoms with Crippen LogP contribution >= 0.6 is 0 Å². The Bertz CT molecular complexity index is 616. The molecule has 0 saturated heterocycles. The molecular formula is C14H15N5. The minimum absolute atomic E-state index is 0.0113. The Morgan fingerprint density at radius 1 is 1.32 bits per heavy atom. The van der Waals surface area contributed by atoms with Crippen molar-refractivity contribution >= 4 is 5.82 Å². The van der Waals surface area contributed by atoms with Crippen LogP contribution in [0.15, 0.2) is 24.5 Å². The van der Waals surface area contributed by atoms with Crippen molar-refractivity contribution in [2.45, 2.75) is 26.8 Å². The maximum absolute atomic E-state index is 9.24. The standard InChI is InChI=1S/C14H15N5/c1-9-10(2)18-19-14(13(9)7-15)17-11(3)12-5-4-6-16-8-12/h4-6,8,11H,1-3H3,(H,17,19). The van der Waals surface area contributed by atoms with Gasteiger partial charge in [-0.25, -0.2) is 0 Å². The Hall–Kier alpha value is -2.48. The lowest BCUT2D eigenvalue weighted by Crippen LogP contribution is -2.11. The number of pyridine rings is 1. The van der Waals surface area contributed by atoms with Gasteiger partial charge in [-0.3, -0.25) is 4.98 Å². The van der Waals surface area contributed by atoms with Crippen LogP contribution in [0.4, 0.5) is 5.82 Å². The van der Waals surface area contributed by atoms with Crippen LogP contribution in [-0.4, -0.2) is 15.2 Å². The van der Waals surface area contributed by atoms with E-state index >= 15 is 0 Å². The van der Waals surface area contributed by atoms with Crippen LogP contribution < -0.4 is 5.32 Å². The predicted molar refractivity (Wildman–Crippen MR) is 72.5 cm³/mol. The number of nitrogens with zero attached hydrogens (tertiary/aromatic N) is 4. The Balaban J connectivity index is 2.30. The first-order valence-electron chi connectivity index (χ1n) is 6.04. The molecule has 19 heavy (non-hydrogen) atoms. The summed E-state index contributed by atoms with van der Waals surface area (Å²) in [5, 5.41) is 20.6. The van der Waals surface area contributed by atoms with E-state index in [-0.39, 0.29) is 6.04 Å². The molecule has 0 radical (unpaired) electrons. The summed E-state index contributed by atoms with van der Waals surface area (Å²) in [6, 6.07) is 6.05. The van der Waals surface area contributed by atoms with Crippen LogP contribution in [-0.2, 0) is 0 Å². The number of anilines is 1. The monoisotopic (exact) mass is 253 g/mol.